The lowest BCUT2D eigenvalue weighted by Gasteiger charge is -2.39. The summed E-state index contributed by atoms with van der Waals surface area (Å²) < 4.78 is 11.6. The first kappa shape index (κ1) is 16.4. The molecule has 2 aliphatic rings. The van der Waals surface area contributed by atoms with Crippen molar-refractivity contribution in [3.05, 3.63) is 60.1 Å². The second-order valence-electron chi connectivity index (χ2n) is 7.20. The van der Waals surface area contributed by atoms with Gasteiger partial charge in [-0.3, -0.25) is 4.79 Å². The van der Waals surface area contributed by atoms with Crippen LogP contribution in [0.5, 0.6) is 0 Å². The Morgan fingerprint density at radius 3 is 2.52 bits per heavy atom. The number of nitrogens with zero attached hydrogens (tertiary/aromatic N) is 1. The van der Waals surface area contributed by atoms with Crippen LogP contribution in [-0.2, 0) is 9.53 Å². The van der Waals surface area contributed by atoms with Crippen molar-refractivity contribution in [1.82, 2.24) is 4.90 Å². The molecule has 2 fully saturated rings. The van der Waals surface area contributed by atoms with Gasteiger partial charge in [0.15, 0.2) is 0 Å². The third-order valence-electron chi connectivity index (χ3n) is 5.68. The van der Waals surface area contributed by atoms with Crippen LogP contribution in [0, 0.1) is 0 Å². The van der Waals surface area contributed by atoms with E-state index in [-0.39, 0.29) is 17.4 Å². The average Bonchev–Trinajstić information content (AvgIpc) is 3.33. The molecule has 1 spiro atoms. The molecule has 1 atom stereocenters. The molecule has 4 nitrogen and oxygen atoms in total. The minimum atomic E-state index is -0.0256. The Morgan fingerprint density at radius 1 is 1.08 bits per heavy atom. The van der Waals surface area contributed by atoms with Gasteiger partial charge in [-0.2, -0.15) is 0 Å². The number of piperidine rings is 1. The SMILES string of the molecule is O=C(CC(c1ccccc1)c1ccco1)N1CCC2(CCCO2)CC1. The first-order valence-corrected chi connectivity index (χ1v) is 9.26. The summed E-state index contributed by atoms with van der Waals surface area (Å²) >= 11 is 0. The second kappa shape index (κ2) is 7.04. The maximum Gasteiger partial charge on any atom is 0.223 e. The first-order chi connectivity index (χ1) is 12.3. The Bertz CT molecular complexity index is 679. The number of ether oxygens (including phenoxy) is 1. The standard InChI is InChI=1S/C21H25NO3/c23-20(22-12-10-21(11-13-22)9-5-15-25-21)16-18(19-8-4-14-24-19)17-6-2-1-3-7-17/h1-4,6-8,14,18H,5,9-13,15-16H2. The van der Waals surface area contributed by atoms with Gasteiger partial charge in [-0.15, -0.1) is 0 Å². The molecule has 0 bridgehead atoms. The van der Waals surface area contributed by atoms with E-state index in [4.69, 9.17) is 9.15 Å². The summed E-state index contributed by atoms with van der Waals surface area (Å²) in [5.74, 6) is 1.03. The Hall–Kier alpha value is -2.07. The van der Waals surface area contributed by atoms with Gasteiger partial charge < -0.3 is 14.1 Å². The van der Waals surface area contributed by atoms with Crippen molar-refractivity contribution in [2.75, 3.05) is 19.7 Å². The molecule has 0 saturated carbocycles. The van der Waals surface area contributed by atoms with Crippen LogP contribution in [0.4, 0.5) is 0 Å². The van der Waals surface area contributed by atoms with Gasteiger partial charge in [0.2, 0.25) is 5.91 Å². The van der Waals surface area contributed by atoms with Crippen LogP contribution in [0.15, 0.2) is 53.1 Å². The van der Waals surface area contributed by atoms with E-state index in [0.29, 0.717) is 6.42 Å². The molecular formula is C21H25NO3. The van der Waals surface area contributed by atoms with Gasteiger partial charge in [0.1, 0.15) is 5.76 Å². The van der Waals surface area contributed by atoms with Crippen molar-refractivity contribution >= 4 is 5.91 Å². The zero-order valence-electron chi connectivity index (χ0n) is 14.5. The van der Waals surface area contributed by atoms with Gasteiger partial charge in [0.05, 0.1) is 17.8 Å². The number of likely N-dealkylation sites (tertiary alicyclic amines) is 1. The predicted octanol–water partition coefficient (Wildman–Crippen LogP) is 3.97. The molecule has 1 amide bonds. The van der Waals surface area contributed by atoms with Crippen molar-refractivity contribution in [1.29, 1.82) is 0 Å². The Kier molecular flexibility index (Phi) is 4.62. The van der Waals surface area contributed by atoms with Crippen molar-refractivity contribution in [2.24, 2.45) is 0 Å². The number of amides is 1. The Balaban J connectivity index is 1.44. The molecule has 25 heavy (non-hydrogen) atoms. The second-order valence-corrected chi connectivity index (χ2v) is 7.20. The zero-order valence-corrected chi connectivity index (χ0v) is 14.5. The summed E-state index contributed by atoms with van der Waals surface area (Å²) in [7, 11) is 0. The molecule has 2 aliphatic heterocycles. The van der Waals surface area contributed by atoms with Crippen molar-refractivity contribution in [2.45, 2.75) is 43.6 Å². The van der Waals surface area contributed by atoms with E-state index in [1.165, 1.54) is 0 Å². The molecule has 4 heteroatoms. The van der Waals surface area contributed by atoms with Gasteiger partial charge in [0.25, 0.3) is 0 Å². The highest BCUT2D eigenvalue weighted by atomic mass is 16.5. The topological polar surface area (TPSA) is 42.7 Å². The van der Waals surface area contributed by atoms with E-state index in [9.17, 15) is 4.79 Å². The van der Waals surface area contributed by atoms with Gasteiger partial charge in [0, 0.05) is 26.1 Å². The monoisotopic (exact) mass is 339 g/mol. The Labute approximate surface area is 148 Å². The minimum absolute atomic E-state index is 0.0256. The highest BCUT2D eigenvalue weighted by Gasteiger charge is 2.39. The third-order valence-corrected chi connectivity index (χ3v) is 5.68. The zero-order chi connectivity index (χ0) is 17.1. The van der Waals surface area contributed by atoms with E-state index in [2.05, 4.69) is 12.1 Å². The number of carbonyl (C=O) groups is 1. The van der Waals surface area contributed by atoms with Gasteiger partial charge >= 0.3 is 0 Å². The smallest absolute Gasteiger partial charge is 0.223 e. The molecule has 0 N–H and O–H groups in total. The van der Waals surface area contributed by atoms with Crippen LogP contribution < -0.4 is 0 Å². The number of rotatable bonds is 4. The highest BCUT2D eigenvalue weighted by molar-refractivity contribution is 5.77. The lowest BCUT2D eigenvalue weighted by Crippen LogP contribution is -2.46. The number of benzene rings is 1. The quantitative estimate of drug-likeness (QED) is 0.846. The number of carbonyl (C=O) groups excluding carboxylic acids is 1. The van der Waals surface area contributed by atoms with Crippen LogP contribution in [0.25, 0.3) is 0 Å². The van der Waals surface area contributed by atoms with Crippen molar-refractivity contribution < 1.29 is 13.9 Å². The number of hydrogen-bond acceptors (Lipinski definition) is 3. The summed E-state index contributed by atoms with van der Waals surface area (Å²) in [4.78, 5) is 14.9. The summed E-state index contributed by atoms with van der Waals surface area (Å²) in [5.41, 5.74) is 1.18. The molecule has 1 unspecified atom stereocenters. The highest BCUT2D eigenvalue weighted by Crippen LogP contribution is 2.36. The summed E-state index contributed by atoms with van der Waals surface area (Å²) in [6.45, 7) is 2.49. The lowest BCUT2D eigenvalue weighted by molar-refractivity contribution is -0.136. The van der Waals surface area contributed by atoms with Crippen LogP contribution in [0.3, 0.4) is 0 Å². The third kappa shape index (κ3) is 3.49. The maximum absolute atomic E-state index is 12.9. The normalized spacial score (nSPS) is 20.7. The van der Waals surface area contributed by atoms with Crippen molar-refractivity contribution in [3.63, 3.8) is 0 Å². The Morgan fingerprint density at radius 2 is 1.88 bits per heavy atom. The largest absolute Gasteiger partial charge is 0.469 e. The van der Waals surface area contributed by atoms with E-state index in [1.54, 1.807) is 6.26 Å². The van der Waals surface area contributed by atoms with E-state index in [1.807, 2.05) is 35.2 Å². The molecule has 4 rings (SSSR count). The summed E-state index contributed by atoms with van der Waals surface area (Å²) in [6, 6.07) is 14.0. The molecule has 2 aromatic rings. The van der Waals surface area contributed by atoms with Crippen LogP contribution in [-0.4, -0.2) is 36.1 Å². The summed E-state index contributed by atoms with van der Waals surface area (Å²) in [6.07, 6.45) is 6.37. The van der Waals surface area contributed by atoms with Gasteiger partial charge in [-0.1, -0.05) is 30.3 Å². The molecule has 0 aliphatic carbocycles. The van der Waals surface area contributed by atoms with E-state index in [0.717, 1.165) is 56.7 Å². The molecule has 1 aromatic heterocycles. The molecule has 2 saturated heterocycles. The van der Waals surface area contributed by atoms with Crippen LogP contribution >= 0.6 is 0 Å². The molecular weight excluding hydrogens is 314 g/mol. The molecule has 0 radical (unpaired) electrons. The first-order valence-electron chi connectivity index (χ1n) is 9.26. The van der Waals surface area contributed by atoms with Crippen LogP contribution in [0.1, 0.15) is 49.3 Å². The molecule has 132 valence electrons. The van der Waals surface area contributed by atoms with Gasteiger partial charge in [-0.05, 0) is 43.4 Å². The molecule has 3 heterocycles. The van der Waals surface area contributed by atoms with Gasteiger partial charge in [-0.25, -0.2) is 0 Å². The fourth-order valence-electron chi connectivity index (χ4n) is 4.17. The predicted molar refractivity (Wildman–Crippen MR) is 95.3 cm³/mol. The maximum atomic E-state index is 12.9. The van der Waals surface area contributed by atoms with E-state index < -0.39 is 0 Å². The van der Waals surface area contributed by atoms with E-state index >= 15 is 0 Å². The fourth-order valence-corrected chi connectivity index (χ4v) is 4.17. The average molecular weight is 339 g/mol. The van der Waals surface area contributed by atoms with Crippen molar-refractivity contribution in [3.8, 4) is 0 Å². The molecule has 1 aromatic carbocycles. The minimum Gasteiger partial charge on any atom is -0.469 e. The van der Waals surface area contributed by atoms with Crippen LogP contribution in [0.2, 0.25) is 0 Å². The summed E-state index contributed by atoms with van der Waals surface area (Å²) in [5, 5.41) is 0. The number of furan rings is 1. The number of hydrogen-bond donors (Lipinski definition) is 0. The fraction of sp³-hybridized carbons (Fsp3) is 0.476. The lowest BCUT2D eigenvalue weighted by atomic mass is 9.87.